The van der Waals surface area contributed by atoms with Gasteiger partial charge in [-0.1, -0.05) is 12.1 Å². The predicted molar refractivity (Wildman–Crippen MR) is 199 cm³/mol. The van der Waals surface area contributed by atoms with Crippen LogP contribution in [0.3, 0.4) is 0 Å². The number of aromatic amines is 1. The van der Waals surface area contributed by atoms with E-state index in [0.717, 1.165) is 62.3 Å². The van der Waals surface area contributed by atoms with Crippen molar-refractivity contribution in [2.24, 2.45) is 0 Å². The molecule has 0 atom stereocenters. The molecule has 0 unspecified atom stereocenters. The van der Waals surface area contributed by atoms with Crippen LogP contribution in [0.2, 0.25) is 0 Å². The van der Waals surface area contributed by atoms with E-state index in [2.05, 4.69) is 32.5 Å². The summed E-state index contributed by atoms with van der Waals surface area (Å²) < 4.78 is 11.7. The van der Waals surface area contributed by atoms with E-state index in [-0.39, 0.29) is 23.5 Å². The third-order valence-corrected chi connectivity index (χ3v) is 8.50. The quantitative estimate of drug-likeness (QED) is 0.172. The molecule has 1 aromatic heterocycles. The van der Waals surface area contributed by atoms with E-state index in [1.165, 1.54) is 7.11 Å². The van der Waals surface area contributed by atoms with Crippen LogP contribution in [-0.4, -0.2) is 106 Å². The monoisotopic (exact) mass is 685 g/mol. The Morgan fingerprint density at radius 1 is 0.940 bits per heavy atom. The Morgan fingerprint density at radius 2 is 1.68 bits per heavy atom. The second kappa shape index (κ2) is 18.2. The molecular formula is C38H51N7O5. The molecule has 4 aromatic rings. The first-order chi connectivity index (χ1) is 24.1. The fourth-order valence-electron chi connectivity index (χ4n) is 5.73. The minimum absolute atomic E-state index is 0.229. The summed E-state index contributed by atoms with van der Waals surface area (Å²) in [7, 11) is 9.00. The molecule has 12 nitrogen and oxygen atoms in total. The molecular weight excluding hydrogens is 634 g/mol. The molecule has 1 aliphatic heterocycles. The van der Waals surface area contributed by atoms with E-state index in [0.29, 0.717) is 46.8 Å². The average Bonchev–Trinajstić information content (AvgIpc) is 3.50. The van der Waals surface area contributed by atoms with Gasteiger partial charge in [-0.05, 0) is 102 Å². The number of hydrogen-bond acceptors (Lipinski definition) is 8. The zero-order valence-electron chi connectivity index (χ0n) is 30.4. The van der Waals surface area contributed by atoms with Crippen molar-refractivity contribution < 1.29 is 23.9 Å². The smallest absolute Gasteiger partial charge is 0.259 e. The van der Waals surface area contributed by atoms with Crippen molar-refractivity contribution in [2.75, 3.05) is 78.3 Å². The number of aryl methyl sites for hydroxylation is 2. The van der Waals surface area contributed by atoms with E-state index in [1.54, 1.807) is 36.2 Å². The number of aromatic nitrogens is 2. The van der Waals surface area contributed by atoms with Gasteiger partial charge in [-0.25, -0.2) is 4.98 Å². The fourth-order valence-corrected chi connectivity index (χ4v) is 5.73. The molecule has 50 heavy (non-hydrogen) atoms. The lowest BCUT2D eigenvalue weighted by Gasteiger charge is -2.32. The maximum atomic E-state index is 13.7. The summed E-state index contributed by atoms with van der Waals surface area (Å²) >= 11 is 0. The number of carbonyl (C=O) groups excluding carboxylic acids is 3. The molecule has 0 aliphatic carbocycles. The maximum Gasteiger partial charge on any atom is 0.259 e. The highest BCUT2D eigenvalue weighted by atomic mass is 16.5. The number of nitrogens with zero attached hydrogens (tertiary/aromatic N) is 4. The summed E-state index contributed by atoms with van der Waals surface area (Å²) in [5, 5.41) is 5.67. The summed E-state index contributed by atoms with van der Waals surface area (Å²) in [5.74, 6) is 1.22. The van der Waals surface area contributed by atoms with Crippen LogP contribution in [0.1, 0.15) is 57.8 Å². The summed E-state index contributed by atoms with van der Waals surface area (Å²) in [6.07, 6.45) is 3.06. The summed E-state index contributed by atoms with van der Waals surface area (Å²) in [6.45, 7) is 7.77. The van der Waals surface area contributed by atoms with Crippen LogP contribution in [0.4, 0.5) is 11.4 Å². The third-order valence-electron chi connectivity index (χ3n) is 8.50. The second-order valence-electron chi connectivity index (χ2n) is 12.6. The van der Waals surface area contributed by atoms with Gasteiger partial charge in [0, 0.05) is 45.2 Å². The lowest BCUT2D eigenvalue weighted by molar-refractivity contribution is -0.132. The highest BCUT2D eigenvalue weighted by Gasteiger charge is 2.22. The molecule has 12 heteroatoms. The highest BCUT2D eigenvalue weighted by Crippen LogP contribution is 2.31. The standard InChI is InChI=1S/C36H44N6O5.C2H7N/c1-24-13-16-30(32(22-24)47-21-8-6-7-12-33(43)42-19-17-40(3)18-20-42)41(4)36(45)26-14-15-27(31(23-26)46-5)35(44)39-29-11-9-10-28-34(29)38-25(2)37-28;1-3-2/h9-11,13-16,22-23H,6-8,12,17-21H2,1-5H3,(H,37,38)(H,39,44);3H,1-2H3. The normalized spacial score (nSPS) is 13.0. The van der Waals surface area contributed by atoms with E-state index < -0.39 is 0 Å². The Hall–Kier alpha value is -4.94. The van der Waals surface area contributed by atoms with Crippen molar-refractivity contribution in [2.45, 2.75) is 39.5 Å². The van der Waals surface area contributed by atoms with Crippen molar-refractivity contribution >= 4 is 40.1 Å². The van der Waals surface area contributed by atoms with Crippen molar-refractivity contribution in [3.63, 3.8) is 0 Å². The number of fused-ring (bicyclic) bond motifs is 1. The fraction of sp³-hybridized carbons (Fsp3) is 0.421. The molecule has 268 valence electrons. The Kier molecular flexibility index (Phi) is 13.8. The van der Waals surface area contributed by atoms with E-state index in [1.807, 2.05) is 63.2 Å². The lowest BCUT2D eigenvalue weighted by Crippen LogP contribution is -2.47. The van der Waals surface area contributed by atoms with Crippen LogP contribution in [0.15, 0.2) is 54.6 Å². The van der Waals surface area contributed by atoms with Gasteiger partial charge in [-0.15, -0.1) is 0 Å². The zero-order valence-corrected chi connectivity index (χ0v) is 30.4. The van der Waals surface area contributed by atoms with Gasteiger partial charge < -0.3 is 39.8 Å². The van der Waals surface area contributed by atoms with Crippen LogP contribution in [0, 0.1) is 13.8 Å². The van der Waals surface area contributed by atoms with Gasteiger partial charge >= 0.3 is 0 Å². The first-order valence-electron chi connectivity index (χ1n) is 17.1. The van der Waals surface area contributed by atoms with Gasteiger partial charge in [0.1, 0.15) is 22.8 Å². The third kappa shape index (κ3) is 9.82. The zero-order chi connectivity index (χ0) is 36.2. The Balaban J connectivity index is 0.00000181. The predicted octanol–water partition coefficient (Wildman–Crippen LogP) is 5.27. The van der Waals surface area contributed by atoms with Crippen LogP contribution >= 0.6 is 0 Å². The Bertz CT molecular complexity index is 1760. The number of hydrogen-bond donors (Lipinski definition) is 3. The number of carbonyl (C=O) groups is 3. The number of anilines is 2. The van der Waals surface area contributed by atoms with E-state index >= 15 is 0 Å². The molecule has 0 saturated carbocycles. The van der Waals surface area contributed by atoms with Gasteiger partial charge in [0.05, 0.1) is 36.2 Å². The average molecular weight is 686 g/mol. The van der Waals surface area contributed by atoms with E-state index in [9.17, 15) is 14.4 Å². The number of unbranched alkanes of at least 4 members (excludes halogenated alkanes) is 2. The number of methoxy groups -OCH3 is 1. The number of rotatable bonds is 12. The number of para-hydroxylation sites is 1. The first-order valence-corrected chi connectivity index (χ1v) is 17.1. The molecule has 0 bridgehead atoms. The molecule has 3 amide bonds. The Morgan fingerprint density at radius 3 is 2.40 bits per heavy atom. The number of nitrogens with one attached hydrogen (secondary N) is 3. The second-order valence-corrected chi connectivity index (χ2v) is 12.6. The molecule has 3 N–H and O–H groups in total. The van der Waals surface area contributed by atoms with Crippen molar-refractivity contribution in [1.82, 2.24) is 25.1 Å². The van der Waals surface area contributed by atoms with Crippen LogP contribution in [0.5, 0.6) is 11.5 Å². The van der Waals surface area contributed by atoms with E-state index in [4.69, 9.17) is 9.47 Å². The first kappa shape index (κ1) is 37.9. The minimum Gasteiger partial charge on any atom is -0.496 e. The molecule has 0 radical (unpaired) electrons. The number of H-pyrrole nitrogens is 1. The topological polar surface area (TPSA) is 132 Å². The van der Waals surface area contributed by atoms with Crippen molar-refractivity contribution in [3.05, 3.63) is 77.1 Å². The van der Waals surface area contributed by atoms with Crippen LogP contribution in [-0.2, 0) is 4.79 Å². The molecule has 5 rings (SSSR count). The van der Waals surface area contributed by atoms with Gasteiger partial charge in [0.15, 0.2) is 0 Å². The number of piperazine rings is 1. The molecule has 1 fully saturated rings. The number of likely N-dealkylation sites (N-methyl/N-ethyl adjacent to an activating group) is 1. The molecule has 1 saturated heterocycles. The van der Waals surface area contributed by atoms with Crippen LogP contribution in [0.25, 0.3) is 11.0 Å². The largest absolute Gasteiger partial charge is 0.496 e. The van der Waals surface area contributed by atoms with Crippen molar-refractivity contribution in [3.8, 4) is 11.5 Å². The molecule has 1 aliphatic rings. The molecule has 3 aromatic carbocycles. The van der Waals surface area contributed by atoms with Crippen molar-refractivity contribution in [1.29, 1.82) is 0 Å². The lowest BCUT2D eigenvalue weighted by atomic mass is 10.1. The van der Waals surface area contributed by atoms with Crippen LogP contribution < -0.4 is 25.0 Å². The number of amides is 3. The maximum absolute atomic E-state index is 13.7. The van der Waals surface area contributed by atoms with Gasteiger partial charge in [-0.2, -0.15) is 0 Å². The van der Waals surface area contributed by atoms with Gasteiger partial charge in [0.2, 0.25) is 5.91 Å². The summed E-state index contributed by atoms with van der Waals surface area (Å²) in [6, 6.07) is 16.0. The number of ether oxygens (including phenoxy) is 2. The highest BCUT2D eigenvalue weighted by molar-refractivity contribution is 6.11. The molecule has 0 spiro atoms. The SMILES string of the molecule is CNC.COc1cc(C(=O)N(C)c2ccc(C)cc2OCCCCCC(=O)N2CCN(C)CC2)ccc1C(=O)Nc1cccc2[nH]c(C)nc12. The summed E-state index contributed by atoms with van der Waals surface area (Å²) in [5.41, 5.74) is 4.36. The molecule has 2 heterocycles. The Labute approximate surface area is 295 Å². The number of benzene rings is 3. The minimum atomic E-state index is -0.375. The summed E-state index contributed by atoms with van der Waals surface area (Å²) in [4.78, 5) is 52.8. The van der Waals surface area contributed by atoms with Gasteiger partial charge in [-0.3, -0.25) is 14.4 Å². The number of imidazole rings is 1. The van der Waals surface area contributed by atoms with Gasteiger partial charge in [0.25, 0.3) is 11.8 Å².